The summed E-state index contributed by atoms with van der Waals surface area (Å²) in [5.74, 6) is 0.729. The molecule has 34 heavy (non-hydrogen) atoms. The maximum atomic E-state index is 14.1. The molecule has 0 amide bonds. The number of anilines is 1. The molecule has 2 aromatic carbocycles. The number of nitrogens with one attached hydrogen (secondary N) is 1. The average molecular weight is 466 g/mol. The van der Waals surface area contributed by atoms with E-state index in [1.54, 1.807) is 18.3 Å². The molecular formula is C26H22F4N4. The van der Waals surface area contributed by atoms with Crippen molar-refractivity contribution >= 4 is 5.82 Å². The minimum Gasteiger partial charge on any atom is -0.353 e. The molecule has 0 spiro atoms. The third-order valence-corrected chi connectivity index (χ3v) is 6.07. The summed E-state index contributed by atoms with van der Waals surface area (Å²) < 4.78 is 54.5. The summed E-state index contributed by atoms with van der Waals surface area (Å²) >= 11 is 0. The number of aryl methyl sites for hydroxylation is 1. The lowest BCUT2D eigenvalue weighted by atomic mass is 9.92. The summed E-state index contributed by atoms with van der Waals surface area (Å²) in [6.45, 7) is 2.07. The first-order valence-corrected chi connectivity index (χ1v) is 11.0. The maximum Gasteiger partial charge on any atom is 0.433 e. The number of pyridine rings is 1. The van der Waals surface area contributed by atoms with Crippen LogP contribution in [-0.2, 0) is 6.18 Å². The minimum absolute atomic E-state index is 0.119. The average Bonchev–Trinajstić information content (AvgIpc) is 3.44. The maximum absolute atomic E-state index is 14.1. The van der Waals surface area contributed by atoms with Gasteiger partial charge in [0.05, 0.1) is 12.2 Å². The van der Waals surface area contributed by atoms with Gasteiger partial charge in [-0.25, -0.2) is 14.4 Å². The topological polar surface area (TPSA) is 44.8 Å². The number of aromatic nitrogens is 3. The second kappa shape index (κ2) is 8.59. The fourth-order valence-corrected chi connectivity index (χ4v) is 4.50. The first-order valence-electron chi connectivity index (χ1n) is 11.0. The molecule has 5 rings (SSSR count). The Labute approximate surface area is 194 Å². The van der Waals surface area contributed by atoms with Crippen LogP contribution in [0.3, 0.4) is 0 Å². The number of nitrogens with zero attached hydrogens (tertiary/aromatic N) is 3. The van der Waals surface area contributed by atoms with E-state index in [1.807, 2.05) is 53.4 Å². The highest BCUT2D eigenvalue weighted by molar-refractivity contribution is 5.96. The van der Waals surface area contributed by atoms with Crippen LogP contribution in [0.2, 0.25) is 0 Å². The standard InChI is InChI=1S/C26H22F4N4/c1-16-23(26(28,29)30)33-24(32-16)21-10-6-5-9-20(21)22-19(17-7-3-2-4-8-17)11-13-31-25(22)34-14-12-18(27)15-34/h2-11,13,18H,12,14-15H2,1H3,(H,32,33). The van der Waals surface area contributed by atoms with E-state index in [9.17, 15) is 17.6 Å². The fraction of sp³-hybridized carbons (Fsp3) is 0.231. The quantitative estimate of drug-likeness (QED) is 0.341. The Hall–Kier alpha value is -3.68. The molecule has 1 N–H and O–H groups in total. The molecule has 174 valence electrons. The molecule has 1 aliphatic heterocycles. The molecule has 0 aliphatic carbocycles. The normalized spacial score (nSPS) is 16.3. The number of halogens is 4. The van der Waals surface area contributed by atoms with Crippen LogP contribution in [0.1, 0.15) is 17.8 Å². The third-order valence-electron chi connectivity index (χ3n) is 6.07. The smallest absolute Gasteiger partial charge is 0.353 e. The van der Waals surface area contributed by atoms with Crippen LogP contribution in [0.5, 0.6) is 0 Å². The van der Waals surface area contributed by atoms with E-state index < -0.39 is 18.0 Å². The molecule has 1 fully saturated rings. The van der Waals surface area contributed by atoms with Gasteiger partial charge < -0.3 is 9.88 Å². The number of imidazole rings is 1. The van der Waals surface area contributed by atoms with Crippen molar-refractivity contribution in [2.45, 2.75) is 25.7 Å². The lowest BCUT2D eigenvalue weighted by Crippen LogP contribution is -2.22. The lowest BCUT2D eigenvalue weighted by molar-refractivity contribution is -0.141. The predicted octanol–water partition coefficient (Wildman–Crippen LogP) is 6.68. The Balaban J connectivity index is 1.75. The molecule has 1 aliphatic rings. The van der Waals surface area contributed by atoms with Gasteiger partial charge in [-0.3, -0.25) is 0 Å². The monoisotopic (exact) mass is 466 g/mol. The highest BCUT2D eigenvalue weighted by Gasteiger charge is 2.36. The zero-order valence-corrected chi connectivity index (χ0v) is 18.4. The molecule has 1 atom stereocenters. The zero-order chi connectivity index (χ0) is 23.9. The van der Waals surface area contributed by atoms with Gasteiger partial charge in [0, 0.05) is 23.9 Å². The van der Waals surface area contributed by atoms with E-state index >= 15 is 0 Å². The second-order valence-electron chi connectivity index (χ2n) is 8.34. The van der Waals surface area contributed by atoms with Crippen LogP contribution in [0.4, 0.5) is 23.4 Å². The van der Waals surface area contributed by atoms with Gasteiger partial charge in [0.25, 0.3) is 0 Å². The molecular weight excluding hydrogens is 444 g/mol. The Bertz CT molecular complexity index is 1310. The van der Waals surface area contributed by atoms with Crippen LogP contribution in [0, 0.1) is 6.92 Å². The highest BCUT2D eigenvalue weighted by atomic mass is 19.4. The molecule has 1 unspecified atom stereocenters. The molecule has 0 bridgehead atoms. The van der Waals surface area contributed by atoms with E-state index in [0.29, 0.717) is 29.9 Å². The van der Waals surface area contributed by atoms with Crippen molar-refractivity contribution in [1.82, 2.24) is 15.0 Å². The number of hydrogen-bond acceptors (Lipinski definition) is 3. The van der Waals surface area contributed by atoms with Gasteiger partial charge >= 0.3 is 6.18 Å². The first kappa shape index (κ1) is 22.1. The van der Waals surface area contributed by atoms with E-state index in [0.717, 1.165) is 16.7 Å². The molecule has 0 radical (unpaired) electrons. The zero-order valence-electron chi connectivity index (χ0n) is 18.4. The van der Waals surface area contributed by atoms with Gasteiger partial charge in [-0.15, -0.1) is 0 Å². The Morgan fingerprint density at radius 1 is 0.941 bits per heavy atom. The molecule has 3 heterocycles. The number of benzene rings is 2. The number of aromatic amines is 1. The van der Waals surface area contributed by atoms with Crippen molar-refractivity contribution in [2.75, 3.05) is 18.0 Å². The number of H-pyrrole nitrogens is 1. The molecule has 4 aromatic rings. The van der Waals surface area contributed by atoms with Crippen molar-refractivity contribution in [2.24, 2.45) is 0 Å². The summed E-state index contributed by atoms with van der Waals surface area (Å²) in [7, 11) is 0. The van der Waals surface area contributed by atoms with Gasteiger partial charge in [0.2, 0.25) is 0 Å². The summed E-state index contributed by atoms with van der Waals surface area (Å²) in [6, 6.07) is 18.7. The van der Waals surface area contributed by atoms with Crippen LogP contribution < -0.4 is 4.90 Å². The predicted molar refractivity (Wildman–Crippen MR) is 124 cm³/mol. The van der Waals surface area contributed by atoms with Crippen LogP contribution >= 0.6 is 0 Å². The summed E-state index contributed by atoms with van der Waals surface area (Å²) in [5.41, 5.74) is 2.73. The van der Waals surface area contributed by atoms with Crippen molar-refractivity contribution in [3.8, 4) is 33.6 Å². The lowest BCUT2D eigenvalue weighted by Gasteiger charge is -2.23. The van der Waals surface area contributed by atoms with E-state index in [2.05, 4.69) is 15.0 Å². The van der Waals surface area contributed by atoms with Crippen molar-refractivity contribution < 1.29 is 17.6 Å². The number of hydrogen-bond donors (Lipinski definition) is 1. The van der Waals surface area contributed by atoms with Crippen LogP contribution in [0.25, 0.3) is 33.6 Å². The molecule has 0 saturated carbocycles. The van der Waals surface area contributed by atoms with Gasteiger partial charge in [0.1, 0.15) is 23.5 Å². The Morgan fingerprint density at radius 2 is 1.65 bits per heavy atom. The van der Waals surface area contributed by atoms with Crippen molar-refractivity contribution in [3.63, 3.8) is 0 Å². The van der Waals surface area contributed by atoms with Gasteiger partial charge in [-0.2, -0.15) is 13.2 Å². The van der Waals surface area contributed by atoms with E-state index in [1.165, 1.54) is 6.92 Å². The Kier molecular flexibility index (Phi) is 5.59. The van der Waals surface area contributed by atoms with Gasteiger partial charge in [-0.05, 0) is 36.1 Å². The third kappa shape index (κ3) is 4.04. The summed E-state index contributed by atoms with van der Waals surface area (Å²) in [6.07, 6.45) is -3.39. The van der Waals surface area contributed by atoms with Gasteiger partial charge in [-0.1, -0.05) is 54.6 Å². The van der Waals surface area contributed by atoms with Crippen LogP contribution in [0.15, 0.2) is 66.9 Å². The second-order valence-corrected chi connectivity index (χ2v) is 8.34. The van der Waals surface area contributed by atoms with Crippen LogP contribution in [-0.4, -0.2) is 34.2 Å². The van der Waals surface area contributed by atoms with Crippen molar-refractivity contribution in [3.05, 3.63) is 78.2 Å². The summed E-state index contributed by atoms with van der Waals surface area (Å²) in [5, 5.41) is 0. The van der Waals surface area contributed by atoms with E-state index in [-0.39, 0.29) is 18.1 Å². The summed E-state index contributed by atoms with van der Waals surface area (Å²) in [4.78, 5) is 13.2. The number of alkyl halides is 4. The largest absolute Gasteiger partial charge is 0.433 e. The highest BCUT2D eigenvalue weighted by Crippen LogP contribution is 2.43. The fourth-order valence-electron chi connectivity index (χ4n) is 4.50. The SMILES string of the molecule is Cc1nc(-c2ccccc2-c2c(-c3ccccc3)ccnc2N2CCC(F)C2)[nH]c1C(F)(F)F. The molecule has 2 aromatic heterocycles. The van der Waals surface area contributed by atoms with E-state index in [4.69, 9.17) is 0 Å². The molecule has 8 heteroatoms. The molecule has 1 saturated heterocycles. The first-order chi connectivity index (χ1) is 16.3. The van der Waals surface area contributed by atoms with Crippen molar-refractivity contribution in [1.29, 1.82) is 0 Å². The molecule has 4 nitrogen and oxygen atoms in total. The Morgan fingerprint density at radius 3 is 2.29 bits per heavy atom. The minimum atomic E-state index is -4.54. The van der Waals surface area contributed by atoms with Gasteiger partial charge in [0.15, 0.2) is 0 Å². The number of rotatable bonds is 4.